The fraction of sp³-hybridized carbons (Fsp3) is 0.611. The van der Waals surface area contributed by atoms with Crippen LogP contribution in [-0.2, 0) is 14.8 Å². The smallest absolute Gasteiger partial charge is 0.240 e. The van der Waals surface area contributed by atoms with Crippen LogP contribution in [0.25, 0.3) is 0 Å². The van der Waals surface area contributed by atoms with Crippen molar-refractivity contribution in [3.8, 4) is 0 Å². The molecule has 7 heteroatoms. The molecule has 1 amide bonds. The molecule has 2 fully saturated rings. The van der Waals surface area contributed by atoms with E-state index in [2.05, 4.69) is 15.4 Å². The summed E-state index contributed by atoms with van der Waals surface area (Å²) in [6.07, 6.45) is 5.88. The van der Waals surface area contributed by atoms with E-state index in [0.29, 0.717) is 30.5 Å². The van der Waals surface area contributed by atoms with Gasteiger partial charge in [0, 0.05) is 18.7 Å². The van der Waals surface area contributed by atoms with Gasteiger partial charge in [0.1, 0.15) is 0 Å². The number of benzene rings is 1. The average Bonchev–Trinajstić information content (AvgIpc) is 3.44. The minimum atomic E-state index is -3.45. The van der Waals surface area contributed by atoms with Gasteiger partial charge in [-0.1, -0.05) is 0 Å². The zero-order chi connectivity index (χ0) is 17.7. The molecule has 1 aliphatic carbocycles. The maximum Gasteiger partial charge on any atom is 0.240 e. The summed E-state index contributed by atoms with van der Waals surface area (Å²) in [6.45, 7) is 2.59. The van der Waals surface area contributed by atoms with Crippen LogP contribution in [0.3, 0.4) is 0 Å². The van der Waals surface area contributed by atoms with Crippen molar-refractivity contribution in [1.29, 1.82) is 0 Å². The minimum Gasteiger partial charge on any atom is -0.326 e. The van der Waals surface area contributed by atoms with E-state index >= 15 is 0 Å². The van der Waals surface area contributed by atoms with Crippen LogP contribution in [0.15, 0.2) is 29.2 Å². The van der Waals surface area contributed by atoms with Crippen molar-refractivity contribution in [3.05, 3.63) is 24.3 Å². The lowest BCUT2D eigenvalue weighted by atomic mass is 9.93. The first-order valence-corrected chi connectivity index (χ1v) is 10.6. The van der Waals surface area contributed by atoms with Crippen molar-refractivity contribution in [2.24, 2.45) is 11.8 Å². The predicted molar refractivity (Wildman–Crippen MR) is 97.8 cm³/mol. The molecule has 6 nitrogen and oxygen atoms in total. The highest BCUT2D eigenvalue weighted by atomic mass is 32.2. The summed E-state index contributed by atoms with van der Waals surface area (Å²) in [7, 11) is -3.45. The summed E-state index contributed by atoms with van der Waals surface area (Å²) < 4.78 is 27.0. The van der Waals surface area contributed by atoms with Crippen molar-refractivity contribution in [2.75, 3.05) is 25.0 Å². The highest BCUT2D eigenvalue weighted by molar-refractivity contribution is 7.89. The van der Waals surface area contributed by atoms with Crippen LogP contribution < -0.4 is 15.4 Å². The van der Waals surface area contributed by atoms with Crippen molar-refractivity contribution in [3.63, 3.8) is 0 Å². The fourth-order valence-corrected chi connectivity index (χ4v) is 4.20. The van der Waals surface area contributed by atoms with Gasteiger partial charge in [-0.05, 0) is 81.3 Å². The summed E-state index contributed by atoms with van der Waals surface area (Å²) in [4.78, 5) is 12.3. The predicted octanol–water partition coefficient (Wildman–Crippen LogP) is 2.09. The number of sulfonamides is 1. The van der Waals surface area contributed by atoms with Crippen LogP contribution in [0.4, 0.5) is 5.69 Å². The number of anilines is 1. The summed E-state index contributed by atoms with van der Waals surface area (Å²) in [5, 5.41) is 6.17. The number of piperidine rings is 1. The highest BCUT2D eigenvalue weighted by Gasteiger charge is 2.24. The van der Waals surface area contributed by atoms with E-state index < -0.39 is 10.0 Å². The molecule has 0 atom stereocenters. The highest BCUT2D eigenvalue weighted by Crippen LogP contribution is 2.28. The number of nitrogens with one attached hydrogen (secondary N) is 3. The molecule has 138 valence electrons. The third-order valence-electron chi connectivity index (χ3n) is 4.95. The van der Waals surface area contributed by atoms with E-state index in [1.807, 2.05) is 0 Å². The second kappa shape index (κ2) is 8.29. The third kappa shape index (κ3) is 5.80. The molecule has 1 aromatic carbocycles. The van der Waals surface area contributed by atoms with E-state index in [-0.39, 0.29) is 10.8 Å². The van der Waals surface area contributed by atoms with E-state index in [0.717, 1.165) is 45.2 Å². The Labute approximate surface area is 149 Å². The van der Waals surface area contributed by atoms with Gasteiger partial charge in [-0.3, -0.25) is 4.79 Å². The molecule has 1 heterocycles. The number of amides is 1. The lowest BCUT2D eigenvalue weighted by Crippen LogP contribution is -2.28. The Hall–Kier alpha value is -1.44. The van der Waals surface area contributed by atoms with Crippen LogP contribution in [0.1, 0.15) is 38.5 Å². The standard InChI is InChI=1S/C18H27N3O3S/c22-18(8-3-14-9-11-19-12-10-14)21-16-4-6-17(7-5-16)25(23,24)20-13-15-1-2-15/h4-7,14-15,19-20H,1-3,8-13H2,(H,21,22). The van der Waals surface area contributed by atoms with Crippen molar-refractivity contribution >= 4 is 21.6 Å². The molecule has 1 saturated carbocycles. The maximum atomic E-state index is 12.2. The van der Waals surface area contributed by atoms with Crippen LogP contribution in [0.2, 0.25) is 0 Å². The minimum absolute atomic E-state index is 0.0130. The van der Waals surface area contributed by atoms with Gasteiger partial charge in [0.15, 0.2) is 0 Å². The molecule has 0 spiro atoms. The summed E-state index contributed by atoms with van der Waals surface area (Å²) in [5.74, 6) is 1.10. The Balaban J connectivity index is 1.46. The Morgan fingerprint density at radius 2 is 1.72 bits per heavy atom. The lowest BCUT2D eigenvalue weighted by Gasteiger charge is -2.22. The topological polar surface area (TPSA) is 87.3 Å². The third-order valence-corrected chi connectivity index (χ3v) is 6.39. The molecular formula is C18H27N3O3S. The summed E-state index contributed by atoms with van der Waals surface area (Å²) in [5.41, 5.74) is 0.636. The van der Waals surface area contributed by atoms with E-state index in [4.69, 9.17) is 0 Å². The first-order chi connectivity index (χ1) is 12.0. The van der Waals surface area contributed by atoms with Crippen molar-refractivity contribution in [2.45, 2.75) is 43.4 Å². The lowest BCUT2D eigenvalue weighted by molar-refractivity contribution is -0.116. The Bertz CT molecular complexity index is 678. The molecule has 0 radical (unpaired) electrons. The molecule has 3 rings (SSSR count). The Kier molecular flexibility index (Phi) is 6.09. The first kappa shape index (κ1) is 18.4. The number of hydrogen-bond donors (Lipinski definition) is 3. The molecule has 0 unspecified atom stereocenters. The van der Waals surface area contributed by atoms with Crippen LogP contribution in [0, 0.1) is 11.8 Å². The van der Waals surface area contributed by atoms with Gasteiger partial charge in [-0.15, -0.1) is 0 Å². The molecule has 2 aliphatic rings. The SMILES string of the molecule is O=C(CCC1CCNCC1)Nc1ccc(S(=O)(=O)NCC2CC2)cc1. The molecule has 0 aromatic heterocycles. The van der Waals surface area contributed by atoms with Gasteiger partial charge in [0.05, 0.1) is 4.90 Å². The largest absolute Gasteiger partial charge is 0.326 e. The first-order valence-electron chi connectivity index (χ1n) is 9.13. The quantitative estimate of drug-likeness (QED) is 0.658. The average molecular weight is 365 g/mol. The van der Waals surface area contributed by atoms with Gasteiger partial charge in [-0.25, -0.2) is 13.1 Å². The van der Waals surface area contributed by atoms with Crippen molar-refractivity contribution < 1.29 is 13.2 Å². The summed E-state index contributed by atoms with van der Waals surface area (Å²) in [6, 6.07) is 6.37. The number of carbonyl (C=O) groups excluding carboxylic acids is 1. The normalized spacial score (nSPS) is 18.9. The molecule has 3 N–H and O–H groups in total. The molecule has 0 bridgehead atoms. The molecule has 1 saturated heterocycles. The van der Waals surface area contributed by atoms with Crippen molar-refractivity contribution in [1.82, 2.24) is 10.0 Å². The monoisotopic (exact) mass is 365 g/mol. The van der Waals surface area contributed by atoms with Crippen LogP contribution >= 0.6 is 0 Å². The van der Waals surface area contributed by atoms with Gasteiger partial charge >= 0.3 is 0 Å². The second-order valence-electron chi connectivity index (χ2n) is 7.10. The van der Waals surface area contributed by atoms with Gasteiger partial charge < -0.3 is 10.6 Å². The second-order valence-corrected chi connectivity index (χ2v) is 8.87. The fourth-order valence-electron chi connectivity index (χ4n) is 3.08. The zero-order valence-corrected chi connectivity index (χ0v) is 15.3. The Morgan fingerprint density at radius 3 is 2.36 bits per heavy atom. The zero-order valence-electron chi connectivity index (χ0n) is 14.5. The van der Waals surface area contributed by atoms with E-state index in [1.54, 1.807) is 12.1 Å². The van der Waals surface area contributed by atoms with Crippen LogP contribution in [-0.4, -0.2) is 34.0 Å². The Morgan fingerprint density at radius 1 is 1.04 bits per heavy atom. The molecule has 1 aromatic rings. The number of rotatable bonds is 8. The maximum absolute atomic E-state index is 12.2. The molecule has 25 heavy (non-hydrogen) atoms. The number of carbonyl (C=O) groups is 1. The summed E-state index contributed by atoms with van der Waals surface area (Å²) >= 11 is 0. The van der Waals surface area contributed by atoms with E-state index in [9.17, 15) is 13.2 Å². The van der Waals surface area contributed by atoms with E-state index in [1.165, 1.54) is 12.1 Å². The van der Waals surface area contributed by atoms with Gasteiger partial charge in [0.2, 0.25) is 15.9 Å². The molecular weight excluding hydrogens is 338 g/mol. The molecule has 1 aliphatic heterocycles. The van der Waals surface area contributed by atoms with Crippen LogP contribution in [0.5, 0.6) is 0 Å². The van der Waals surface area contributed by atoms with Gasteiger partial charge in [-0.2, -0.15) is 0 Å². The number of hydrogen-bond acceptors (Lipinski definition) is 4. The van der Waals surface area contributed by atoms with Gasteiger partial charge in [0.25, 0.3) is 0 Å².